The molecule has 4 N–H and O–H groups in total. The van der Waals surface area contributed by atoms with Gasteiger partial charge in [0.2, 0.25) is 0 Å². The van der Waals surface area contributed by atoms with E-state index in [1.54, 1.807) is 0 Å². The van der Waals surface area contributed by atoms with E-state index in [9.17, 15) is 4.79 Å². The van der Waals surface area contributed by atoms with Crippen molar-refractivity contribution >= 4 is 11.9 Å². The predicted octanol–water partition coefficient (Wildman–Crippen LogP) is 3.83. The molecule has 146 valence electrons. The highest BCUT2D eigenvalue weighted by molar-refractivity contribution is 5.94. The zero-order valence-corrected chi connectivity index (χ0v) is 17.0. The molecule has 5 heteroatoms. The van der Waals surface area contributed by atoms with Crippen LogP contribution in [0.25, 0.3) is 0 Å². The minimum Gasteiger partial charge on any atom is -0.370 e. The maximum absolute atomic E-state index is 12.1. The molecule has 5 nitrogen and oxygen atoms in total. The maximum atomic E-state index is 12.1. The van der Waals surface area contributed by atoms with E-state index in [0.717, 1.165) is 24.3 Å². The maximum Gasteiger partial charge on any atom is 0.251 e. The molecule has 2 atom stereocenters. The number of hydrogen-bond donors (Lipinski definition) is 3. The van der Waals surface area contributed by atoms with E-state index < -0.39 is 0 Å². The van der Waals surface area contributed by atoms with Gasteiger partial charge in [0, 0.05) is 17.6 Å². The fourth-order valence-electron chi connectivity index (χ4n) is 2.55. The molecule has 1 amide bonds. The number of nitrogens with one attached hydrogen (secondary N) is 2. The summed E-state index contributed by atoms with van der Waals surface area (Å²) in [5.74, 6) is 1.18. The number of nitrogens with zero attached hydrogens (tertiary/aromatic N) is 1. The number of carbonyl (C=O) groups excluding carboxylic acids is 1. The van der Waals surface area contributed by atoms with Crippen molar-refractivity contribution in [2.24, 2.45) is 16.6 Å². The van der Waals surface area contributed by atoms with Crippen LogP contribution in [0, 0.1) is 5.92 Å². The lowest BCUT2D eigenvalue weighted by atomic mass is 10.0. The summed E-state index contributed by atoms with van der Waals surface area (Å²) >= 11 is 0. The summed E-state index contributed by atoms with van der Waals surface area (Å²) in [7, 11) is 0. The number of benzene rings is 1. The molecular formula is C21H36N4O. The molecule has 0 aromatic heterocycles. The summed E-state index contributed by atoms with van der Waals surface area (Å²) in [6, 6.07) is 8.02. The third-order valence-corrected chi connectivity index (χ3v) is 4.45. The second-order valence-corrected chi connectivity index (χ2v) is 7.55. The van der Waals surface area contributed by atoms with Crippen LogP contribution in [0.3, 0.4) is 0 Å². The highest BCUT2D eigenvalue weighted by Crippen LogP contribution is 2.09. The van der Waals surface area contributed by atoms with Crippen molar-refractivity contribution in [3.63, 3.8) is 0 Å². The zero-order chi connectivity index (χ0) is 19.5. The Morgan fingerprint density at radius 2 is 1.69 bits per heavy atom. The van der Waals surface area contributed by atoms with E-state index in [-0.39, 0.29) is 11.9 Å². The van der Waals surface area contributed by atoms with Crippen LogP contribution in [0.15, 0.2) is 29.3 Å². The molecule has 0 radical (unpaired) electrons. The molecule has 0 bridgehead atoms. The Morgan fingerprint density at radius 1 is 1.04 bits per heavy atom. The van der Waals surface area contributed by atoms with Crippen molar-refractivity contribution in [2.75, 3.05) is 0 Å². The number of rotatable bonds is 10. The molecule has 0 aliphatic rings. The first-order chi connectivity index (χ1) is 12.3. The molecule has 1 rings (SSSR count). The highest BCUT2D eigenvalue weighted by atomic mass is 16.1. The van der Waals surface area contributed by atoms with Gasteiger partial charge in [-0.25, -0.2) is 4.99 Å². The monoisotopic (exact) mass is 360 g/mol. The highest BCUT2D eigenvalue weighted by Gasteiger charge is 2.08. The Morgan fingerprint density at radius 3 is 2.27 bits per heavy atom. The Balaban J connectivity index is 2.45. The minimum absolute atomic E-state index is 0.0363. The van der Waals surface area contributed by atoms with Crippen LogP contribution in [0.2, 0.25) is 0 Å². The van der Waals surface area contributed by atoms with Crippen molar-refractivity contribution in [3.05, 3.63) is 35.4 Å². The average molecular weight is 361 g/mol. The standard InChI is InChI=1S/C21H36N4O/c1-6-16(4)24-20(26)19-12-10-18(11-13-19)14-23-21(22)25-17(5)9-7-8-15(2)3/h10-13,15-17H,6-9,14H2,1-5H3,(H,24,26)(H3,22,23,25). The van der Waals surface area contributed by atoms with Crippen LogP contribution in [0.1, 0.15) is 76.2 Å². The number of nitrogens with two attached hydrogens (primary N) is 1. The van der Waals surface area contributed by atoms with Gasteiger partial charge in [-0.15, -0.1) is 0 Å². The lowest BCUT2D eigenvalue weighted by molar-refractivity contribution is 0.0939. The second kappa shape index (κ2) is 11.6. The molecule has 1 aromatic rings. The smallest absolute Gasteiger partial charge is 0.251 e. The fourth-order valence-corrected chi connectivity index (χ4v) is 2.55. The van der Waals surface area contributed by atoms with Crippen molar-refractivity contribution in [1.82, 2.24) is 10.6 Å². The first-order valence-corrected chi connectivity index (χ1v) is 9.78. The van der Waals surface area contributed by atoms with Gasteiger partial charge in [0.25, 0.3) is 5.91 Å². The van der Waals surface area contributed by atoms with Gasteiger partial charge in [-0.3, -0.25) is 4.79 Å². The Kier molecular flexibility index (Phi) is 9.78. The van der Waals surface area contributed by atoms with Gasteiger partial charge < -0.3 is 16.4 Å². The van der Waals surface area contributed by atoms with Gasteiger partial charge in [-0.1, -0.05) is 45.7 Å². The Bertz CT molecular complexity index is 566. The topological polar surface area (TPSA) is 79.5 Å². The van der Waals surface area contributed by atoms with Crippen molar-refractivity contribution < 1.29 is 4.79 Å². The zero-order valence-electron chi connectivity index (χ0n) is 17.0. The summed E-state index contributed by atoms with van der Waals surface area (Å²) in [6.45, 7) is 11.2. The van der Waals surface area contributed by atoms with Crippen LogP contribution < -0.4 is 16.4 Å². The normalized spacial score (nSPS) is 14.2. The first kappa shape index (κ1) is 22.0. The van der Waals surface area contributed by atoms with E-state index in [1.165, 1.54) is 12.8 Å². The van der Waals surface area contributed by atoms with E-state index in [1.807, 2.05) is 31.2 Å². The van der Waals surface area contributed by atoms with Crippen LogP contribution in [-0.2, 0) is 6.54 Å². The molecule has 0 aliphatic carbocycles. The van der Waals surface area contributed by atoms with Gasteiger partial charge in [-0.05, 0) is 50.3 Å². The second-order valence-electron chi connectivity index (χ2n) is 7.55. The number of guanidine groups is 1. The number of carbonyl (C=O) groups is 1. The molecule has 0 heterocycles. The summed E-state index contributed by atoms with van der Waals surface area (Å²) < 4.78 is 0. The summed E-state index contributed by atoms with van der Waals surface area (Å²) in [5.41, 5.74) is 7.68. The van der Waals surface area contributed by atoms with Crippen molar-refractivity contribution in [1.29, 1.82) is 0 Å². The predicted molar refractivity (Wildman–Crippen MR) is 110 cm³/mol. The molecule has 0 saturated heterocycles. The van der Waals surface area contributed by atoms with Crippen LogP contribution >= 0.6 is 0 Å². The lowest BCUT2D eigenvalue weighted by Crippen LogP contribution is -2.38. The summed E-state index contributed by atoms with van der Waals surface area (Å²) in [5, 5.41) is 6.21. The van der Waals surface area contributed by atoms with E-state index in [0.29, 0.717) is 24.1 Å². The third-order valence-electron chi connectivity index (χ3n) is 4.45. The lowest BCUT2D eigenvalue weighted by Gasteiger charge is -2.15. The number of hydrogen-bond acceptors (Lipinski definition) is 2. The van der Waals surface area contributed by atoms with E-state index in [2.05, 4.69) is 43.3 Å². The number of aliphatic imine (C=N–C) groups is 1. The minimum atomic E-state index is -0.0363. The van der Waals surface area contributed by atoms with Crippen molar-refractivity contribution in [2.45, 2.75) is 78.9 Å². The Hall–Kier alpha value is -2.04. The summed E-state index contributed by atoms with van der Waals surface area (Å²) in [4.78, 5) is 16.5. The molecular weight excluding hydrogens is 324 g/mol. The quantitative estimate of drug-likeness (QED) is 0.438. The molecule has 26 heavy (non-hydrogen) atoms. The van der Waals surface area contributed by atoms with Crippen molar-refractivity contribution in [3.8, 4) is 0 Å². The fraction of sp³-hybridized carbons (Fsp3) is 0.619. The summed E-state index contributed by atoms with van der Waals surface area (Å²) in [6.07, 6.45) is 4.44. The third kappa shape index (κ3) is 8.88. The largest absolute Gasteiger partial charge is 0.370 e. The van der Waals surface area contributed by atoms with E-state index >= 15 is 0 Å². The van der Waals surface area contributed by atoms with Gasteiger partial charge >= 0.3 is 0 Å². The van der Waals surface area contributed by atoms with Crippen LogP contribution in [0.5, 0.6) is 0 Å². The number of amides is 1. The Labute approximate surface area is 158 Å². The SMILES string of the molecule is CCC(C)NC(=O)c1ccc(CN=C(N)NC(C)CCCC(C)C)cc1. The van der Waals surface area contributed by atoms with Gasteiger partial charge in [0.15, 0.2) is 5.96 Å². The van der Waals surface area contributed by atoms with Crippen LogP contribution in [0.4, 0.5) is 0 Å². The van der Waals surface area contributed by atoms with Crippen LogP contribution in [-0.4, -0.2) is 24.0 Å². The molecule has 0 spiro atoms. The van der Waals surface area contributed by atoms with Gasteiger partial charge in [0.1, 0.15) is 0 Å². The molecule has 0 aliphatic heterocycles. The van der Waals surface area contributed by atoms with E-state index in [4.69, 9.17) is 5.73 Å². The van der Waals surface area contributed by atoms with Gasteiger partial charge in [-0.2, -0.15) is 0 Å². The average Bonchev–Trinajstić information content (AvgIpc) is 2.59. The molecule has 0 saturated carbocycles. The molecule has 1 aromatic carbocycles. The first-order valence-electron chi connectivity index (χ1n) is 9.78. The molecule has 2 unspecified atom stereocenters. The molecule has 0 fully saturated rings. The van der Waals surface area contributed by atoms with Gasteiger partial charge in [0.05, 0.1) is 6.54 Å².